The molecule has 0 spiro atoms. The van der Waals surface area contributed by atoms with Crippen molar-refractivity contribution < 1.29 is 13.2 Å². The molecule has 0 fully saturated rings. The molecule has 0 unspecified atom stereocenters. The molecule has 0 aliphatic rings. The van der Waals surface area contributed by atoms with Crippen LogP contribution in [0.2, 0.25) is 10.0 Å². The fourth-order valence-electron chi connectivity index (χ4n) is 2.63. The van der Waals surface area contributed by atoms with Crippen LogP contribution in [0.1, 0.15) is 38.2 Å². The third kappa shape index (κ3) is 5.83. The van der Waals surface area contributed by atoms with E-state index in [0.29, 0.717) is 24.2 Å². The van der Waals surface area contributed by atoms with Crippen LogP contribution in [0.4, 0.5) is 0 Å². The predicted molar refractivity (Wildman–Crippen MR) is 117 cm³/mol. The van der Waals surface area contributed by atoms with Gasteiger partial charge in [-0.1, -0.05) is 23.2 Å². The number of rotatable bonds is 8. The van der Waals surface area contributed by atoms with Gasteiger partial charge in [0.05, 0.1) is 34.0 Å². The maximum Gasteiger partial charge on any atom is 0.241 e. The molecule has 0 amide bonds. The Morgan fingerprint density at radius 2 is 1.80 bits per heavy atom. The normalized spacial score (nSPS) is 11.6. The summed E-state index contributed by atoms with van der Waals surface area (Å²) in [5.41, 5.74) is 1.14. The Morgan fingerprint density at radius 1 is 1.10 bits per heavy atom. The summed E-state index contributed by atoms with van der Waals surface area (Å²) in [6, 6.07) is 4.06. The van der Waals surface area contributed by atoms with Crippen molar-refractivity contribution in [1.82, 2.24) is 19.7 Å². The zero-order valence-electron chi connectivity index (χ0n) is 16.1. The maximum absolute atomic E-state index is 12.5. The van der Waals surface area contributed by atoms with Crippen LogP contribution in [0, 0.1) is 13.8 Å². The number of aromatic nitrogens is 3. The van der Waals surface area contributed by atoms with E-state index < -0.39 is 10.0 Å². The number of ketones is 1. The number of Topliss-reactive ketones (excluding diaryl/α,β-unsaturated/α-hetero) is 1. The average Bonchev–Trinajstić information content (AvgIpc) is 3.09. The molecule has 7 nitrogen and oxygen atoms in total. The number of aryl methyl sites for hydroxylation is 3. The van der Waals surface area contributed by atoms with Gasteiger partial charge in [0.15, 0.2) is 5.78 Å². The van der Waals surface area contributed by atoms with Crippen LogP contribution in [0.5, 0.6) is 0 Å². The lowest BCUT2D eigenvalue weighted by atomic mass is 10.1. The van der Waals surface area contributed by atoms with Gasteiger partial charge in [0, 0.05) is 27.5 Å². The molecule has 2 aromatic heterocycles. The lowest BCUT2D eigenvalue weighted by Crippen LogP contribution is -2.24. The molecule has 11 heteroatoms. The van der Waals surface area contributed by atoms with E-state index in [1.54, 1.807) is 24.5 Å². The minimum absolute atomic E-state index is 0.0456. The standard InChI is InChI=1S/C19H18Cl2N4O3S2/c1-11-17(10-24-30(27,28)16-6-13(20)5-14(21)7-16)23-9-18(25-11)19(26)4-3-15-8-22-12(2)29-15/h5-9,24H,3-4,10H2,1-2H3. The molecule has 3 rings (SSSR count). The fourth-order valence-corrected chi connectivity index (χ4v) is 5.14. The summed E-state index contributed by atoms with van der Waals surface area (Å²) < 4.78 is 27.4. The summed E-state index contributed by atoms with van der Waals surface area (Å²) in [4.78, 5) is 26.1. The Hall–Kier alpha value is -1.91. The van der Waals surface area contributed by atoms with E-state index in [-0.39, 0.29) is 33.0 Å². The Balaban J connectivity index is 1.65. The average molecular weight is 485 g/mol. The van der Waals surface area contributed by atoms with Gasteiger partial charge in [-0.2, -0.15) is 0 Å². The summed E-state index contributed by atoms with van der Waals surface area (Å²) >= 11 is 13.3. The highest BCUT2D eigenvalue weighted by molar-refractivity contribution is 7.89. The molecule has 3 aromatic rings. The number of thiazole rings is 1. The highest BCUT2D eigenvalue weighted by Crippen LogP contribution is 2.22. The van der Waals surface area contributed by atoms with E-state index in [9.17, 15) is 13.2 Å². The van der Waals surface area contributed by atoms with Gasteiger partial charge in [-0.25, -0.2) is 23.1 Å². The molecular weight excluding hydrogens is 467 g/mol. The number of sulfonamides is 1. The van der Waals surface area contributed by atoms with Crippen molar-refractivity contribution in [2.24, 2.45) is 0 Å². The number of halogens is 2. The van der Waals surface area contributed by atoms with Gasteiger partial charge in [0.25, 0.3) is 0 Å². The summed E-state index contributed by atoms with van der Waals surface area (Å²) in [5.74, 6) is -0.127. The first kappa shape index (κ1) is 22.8. The molecule has 1 aromatic carbocycles. The van der Waals surface area contributed by atoms with Gasteiger partial charge in [0.2, 0.25) is 10.0 Å². The van der Waals surface area contributed by atoms with Gasteiger partial charge in [-0.3, -0.25) is 9.78 Å². The molecule has 0 aliphatic carbocycles. The number of nitrogens with one attached hydrogen (secondary N) is 1. The zero-order chi connectivity index (χ0) is 21.9. The quantitative estimate of drug-likeness (QED) is 0.481. The smallest absolute Gasteiger partial charge is 0.241 e. The topological polar surface area (TPSA) is 102 Å². The number of carbonyl (C=O) groups is 1. The lowest BCUT2D eigenvalue weighted by molar-refractivity contribution is 0.0977. The largest absolute Gasteiger partial charge is 0.292 e. The van der Waals surface area contributed by atoms with Gasteiger partial charge < -0.3 is 0 Å². The third-order valence-corrected chi connectivity index (χ3v) is 6.97. The van der Waals surface area contributed by atoms with Crippen LogP contribution >= 0.6 is 34.5 Å². The van der Waals surface area contributed by atoms with Crippen LogP contribution < -0.4 is 4.72 Å². The van der Waals surface area contributed by atoms with Crippen LogP contribution in [-0.2, 0) is 23.0 Å². The predicted octanol–water partition coefficient (Wildman–Crippen LogP) is 4.15. The number of benzene rings is 1. The highest BCUT2D eigenvalue weighted by atomic mass is 35.5. The van der Waals surface area contributed by atoms with Crippen molar-refractivity contribution in [3.05, 3.63) is 67.6 Å². The minimum Gasteiger partial charge on any atom is -0.292 e. The monoisotopic (exact) mass is 484 g/mol. The SMILES string of the molecule is Cc1ncc(CCC(=O)c2cnc(CNS(=O)(=O)c3cc(Cl)cc(Cl)c3)c(C)n2)s1. The Kier molecular flexibility index (Phi) is 7.20. The van der Waals surface area contributed by atoms with E-state index in [1.165, 1.54) is 24.4 Å². The van der Waals surface area contributed by atoms with Crippen molar-refractivity contribution in [3.63, 3.8) is 0 Å². The van der Waals surface area contributed by atoms with E-state index >= 15 is 0 Å². The summed E-state index contributed by atoms with van der Waals surface area (Å²) in [6.07, 6.45) is 4.03. The Morgan fingerprint density at radius 3 is 2.40 bits per heavy atom. The molecule has 158 valence electrons. The summed E-state index contributed by atoms with van der Waals surface area (Å²) in [7, 11) is -3.84. The van der Waals surface area contributed by atoms with Crippen molar-refractivity contribution in [2.45, 2.75) is 38.1 Å². The van der Waals surface area contributed by atoms with Crippen molar-refractivity contribution >= 4 is 50.3 Å². The Labute approximate surface area is 188 Å². The molecule has 0 radical (unpaired) electrons. The van der Waals surface area contributed by atoms with Crippen LogP contribution in [0.15, 0.2) is 35.5 Å². The first-order valence-electron chi connectivity index (χ1n) is 8.87. The molecule has 0 atom stereocenters. The van der Waals surface area contributed by atoms with Gasteiger partial charge >= 0.3 is 0 Å². The van der Waals surface area contributed by atoms with E-state index in [4.69, 9.17) is 23.2 Å². The van der Waals surface area contributed by atoms with Crippen LogP contribution in [-0.4, -0.2) is 29.2 Å². The van der Waals surface area contributed by atoms with Crippen molar-refractivity contribution in [2.75, 3.05) is 0 Å². The second kappa shape index (κ2) is 9.49. The maximum atomic E-state index is 12.5. The molecule has 0 bridgehead atoms. The number of hydrogen-bond acceptors (Lipinski definition) is 7. The fraction of sp³-hybridized carbons (Fsp3) is 0.263. The summed E-state index contributed by atoms with van der Waals surface area (Å²) in [6.45, 7) is 3.51. The van der Waals surface area contributed by atoms with E-state index in [1.807, 2.05) is 6.92 Å². The van der Waals surface area contributed by atoms with Crippen LogP contribution in [0.25, 0.3) is 0 Å². The second-order valence-corrected chi connectivity index (χ2v) is 10.4. The molecule has 0 saturated heterocycles. The minimum atomic E-state index is -3.84. The molecule has 30 heavy (non-hydrogen) atoms. The molecule has 2 heterocycles. The molecule has 0 aliphatic heterocycles. The highest BCUT2D eigenvalue weighted by Gasteiger charge is 2.17. The molecule has 1 N–H and O–H groups in total. The lowest BCUT2D eigenvalue weighted by Gasteiger charge is -2.09. The number of carbonyl (C=O) groups excluding carboxylic acids is 1. The van der Waals surface area contributed by atoms with Gasteiger partial charge in [-0.15, -0.1) is 11.3 Å². The van der Waals surface area contributed by atoms with Crippen molar-refractivity contribution in [1.29, 1.82) is 0 Å². The number of nitrogens with zero attached hydrogens (tertiary/aromatic N) is 3. The van der Waals surface area contributed by atoms with E-state index in [2.05, 4.69) is 19.7 Å². The third-order valence-electron chi connectivity index (χ3n) is 4.18. The van der Waals surface area contributed by atoms with Gasteiger partial charge in [0.1, 0.15) is 5.69 Å². The van der Waals surface area contributed by atoms with Gasteiger partial charge in [-0.05, 0) is 38.5 Å². The second-order valence-electron chi connectivity index (χ2n) is 6.49. The zero-order valence-corrected chi connectivity index (χ0v) is 19.3. The first-order chi connectivity index (χ1) is 14.1. The first-order valence-corrected chi connectivity index (χ1v) is 11.9. The molecule has 0 saturated carbocycles. The number of hydrogen-bond donors (Lipinski definition) is 1. The van der Waals surface area contributed by atoms with Crippen LogP contribution in [0.3, 0.4) is 0 Å². The summed E-state index contributed by atoms with van der Waals surface area (Å²) in [5, 5.41) is 1.39. The van der Waals surface area contributed by atoms with Crippen molar-refractivity contribution in [3.8, 4) is 0 Å². The van der Waals surface area contributed by atoms with E-state index in [0.717, 1.165) is 9.88 Å². The molecular formula is C19H18Cl2N4O3S2. The Bertz CT molecular complexity index is 1180.